The predicted molar refractivity (Wildman–Crippen MR) is 89.7 cm³/mol. The van der Waals surface area contributed by atoms with Gasteiger partial charge >= 0.3 is 0 Å². The zero-order chi connectivity index (χ0) is 16.5. The smallest absolute Gasteiger partial charge is 0.269 e. The Labute approximate surface area is 139 Å². The fraction of sp³-hybridized carbons (Fsp3) is 0.278. The highest BCUT2D eigenvalue weighted by Crippen LogP contribution is 2.26. The molecule has 0 fully saturated rings. The van der Waals surface area contributed by atoms with Crippen molar-refractivity contribution in [3.8, 4) is 0 Å². The topological polar surface area (TPSA) is 69.0 Å². The molecule has 1 aliphatic rings. The van der Waals surface area contributed by atoms with Gasteiger partial charge in [0.15, 0.2) is 0 Å². The minimum absolute atomic E-state index is 0.0215. The molecule has 3 aromatic rings. The van der Waals surface area contributed by atoms with E-state index in [4.69, 9.17) is 4.74 Å². The van der Waals surface area contributed by atoms with Crippen molar-refractivity contribution >= 4 is 16.9 Å². The Morgan fingerprint density at radius 3 is 3.12 bits per heavy atom. The van der Waals surface area contributed by atoms with Gasteiger partial charge in [-0.25, -0.2) is 4.98 Å². The average Bonchev–Trinajstić information content (AvgIpc) is 2.99. The van der Waals surface area contributed by atoms with Gasteiger partial charge in [-0.2, -0.15) is 0 Å². The minimum Gasteiger partial charge on any atom is -0.371 e. The largest absolute Gasteiger partial charge is 0.371 e. The highest BCUT2D eigenvalue weighted by atomic mass is 16.5. The fourth-order valence-electron chi connectivity index (χ4n) is 3.07. The van der Waals surface area contributed by atoms with Gasteiger partial charge in [0, 0.05) is 12.7 Å². The molecule has 1 aromatic carbocycles. The normalized spacial score (nSPS) is 16.8. The van der Waals surface area contributed by atoms with Gasteiger partial charge in [0.05, 0.1) is 23.7 Å². The maximum atomic E-state index is 12.2. The molecule has 0 spiro atoms. The second kappa shape index (κ2) is 6.05. The van der Waals surface area contributed by atoms with Crippen molar-refractivity contribution in [2.75, 3.05) is 13.2 Å². The van der Waals surface area contributed by atoms with E-state index in [1.54, 1.807) is 24.4 Å². The van der Waals surface area contributed by atoms with Gasteiger partial charge in [-0.3, -0.25) is 9.78 Å². The fourth-order valence-corrected chi connectivity index (χ4v) is 3.07. The first-order valence-corrected chi connectivity index (χ1v) is 7.97. The number of hydrogen-bond acceptors (Lipinski definition) is 4. The minimum atomic E-state index is -0.177. The lowest BCUT2D eigenvalue weighted by atomic mass is 10.2. The van der Waals surface area contributed by atoms with E-state index in [9.17, 15) is 4.79 Å². The summed E-state index contributed by atoms with van der Waals surface area (Å²) in [7, 11) is 0. The van der Waals surface area contributed by atoms with Crippen molar-refractivity contribution in [3.05, 3.63) is 59.7 Å². The molecule has 4 rings (SSSR count). The van der Waals surface area contributed by atoms with Crippen LogP contribution in [0.2, 0.25) is 0 Å². The van der Waals surface area contributed by atoms with Gasteiger partial charge in [-0.1, -0.05) is 12.1 Å². The van der Waals surface area contributed by atoms with Crippen LogP contribution in [0.4, 0.5) is 0 Å². The Hall–Kier alpha value is -2.73. The molecule has 1 unspecified atom stereocenters. The van der Waals surface area contributed by atoms with Crippen LogP contribution < -0.4 is 5.32 Å². The number of carbonyl (C=O) groups is 1. The van der Waals surface area contributed by atoms with Gasteiger partial charge in [0.2, 0.25) is 0 Å². The summed E-state index contributed by atoms with van der Waals surface area (Å²) < 4.78 is 7.84. The van der Waals surface area contributed by atoms with Gasteiger partial charge in [-0.05, 0) is 36.8 Å². The summed E-state index contributed by atoms with van der Waals surface area (Å²) in [6, 6.07) is 11.5. The maximum absolute atomic E-state index is 12.2. The third kappa shape index (κ3) is 2.65. The zero-order valence-corrected chi connectivity index (χ0v) is 13.4. The number of carbonyl (C=O) groups excluding carboxylic acids is 1. The molecule has 1 N–H and O–H groups in total. The van der Waals surface area contributed by atoms with E-state index < -0.39 is 0 Å². The number of nitrogens with one attached hydrogen (secondary N) is 1. The van der Waals surface area contributed by atoms with Crippen LogP contribution in [0.1, 0.15) is 27.9 Å². The van der Waals surface area contributed by atoms with Crippen LogP contribution in [-0.2, 0) is 11.3 Å². The number of nitrogens with zero attached hydrogens (tertiary/aromatic N) is 3. The average molecular weight is 322 g/mol. The molecule has 1 atom stereocenters. The molecular formula is C18H18N4O2. The number of benzene rings is 1. The van der Waals surface area contributed by atoms with Crippen LogP contribution >= 0.6 is 0 Å². The summed E-state index contributed by atoms with van der Waals surface area (Å²) in [5.74, 6) is 0.724. The van der Waals surface area contributed by atoms with E-state index in [0.717, 1.165) is 16.9 Å². The number of fused-ring (bicyclic) bond motifs is 3. The number of ether oxygens (including phenoxy) is 1. The summed E-state index contributed by atoms with van der Waals surface area (Å²) >= 11 is 0. The number of rotatable bonds is 3. The van der Waals surface area contributed by atoms with E-state index in [-0.39, 0.29) is 11.9 Å². The SMILES string of the molecule is Cc1ccc2nc3n(c2c1)C(CNC(=O)c1ccccn1)COC3. The first-order valence-electron chi connectivity index (χ1n) is 7.97. The first kappa shape index (κ1) is 14.8. The van der Waals surface area contributed by atoms with Crippen molar-refractivity contribution in [2.45, 2.75) is 19.6 Å². The number of pyridine rings is 1. The van der Waals surface area contributed by atoms with Crippen LogP contribution in [-0.4, -0.2) is 33.6 Å². The molecule has 0 aliphatic carbocycles. The Kier molecular flexibility index (Phi) is 3.74. The number of imidazole rings is 1. The van der Waals surface area contributed by atoms with Crippen LogP contribution in [0.25, 0.3) is 11.0 Å². The lowest BCUT2D eigenvalue weighted by Crippen LogP contribution is -2.36. The molecule has 1 aliphatic heterocycles. The molecule has 6 nitrogen and oxygen atoms in total. The highest BCUT2D eigenvalue weighted by Gasteiger charge is 2.24. The maximum Gasteiger partial charge on any atom is 0.269 e. The highest BCUT2D eigenvalue weighted by molar-refractivity contribution is 5.92. The van der Waals surface area contributed by atoms with E-state index in [1.165, 1.54) is 5.56 Å². The molecule has 2 aromatic heterocycles. The van der Waals surface area contributed by atoms with Crippen molar-refractivity contribution < 1.29 is 9.53 Å². The number of amides is 1. The third-order valence-corrected chi connectivity index (χ3v) is 4.22. The summed E-state index contributed by atoms with van der Waals surface area (Å²) in [5.41, 5.74) is 3.65. The summed E-state index contributed by atoms with van der Waals surface area (Å²) in [6.07, 6.45) is 1.61. The number of aryl methyl sites for hydroxylation is 1. The second-order valence-electron chi connectivity index (χ2n) is 5.98. The molecule has 0 radical (unpaired) electrons. The molecule has 6 heteroatoms. The van der Waals surface area contributed by atoms with E-state index >= 15 is 0 Å². The Morgan fingerprint density at radius 2 is 2.29 bits per heavy atom. The van der Waals surface area contributed by atoms with E-state index in [0.29, 0.717) is 25.5 Å². The Morgan fingerprint density at radius 1 is 1.38 bits per heavy atom. The van der Waals surface area contributed by atoms with Crippen molar-refractivity contribution in [1.29, 1.82) is 0 Å². The molecule has 0 saturated carbocycles. The van der Waals surface area contributed by atoms with E-state index in [1.807, 2.05) is 6.07 Å². The molecule has 3 heterocycles. The van der Waals surface area contributed by atoms with Crippen LogP contribution in [0.15, 0.2) is 42.6 Å². The third-order valence-electron chi connectivity index (χ3n) is 4.22. The Bertz CT molecular complexity index is 889. The number of hydrogen-bond donors (Lipinski definition) is 1. The molecule has 122 valence electrons. The molecule has 24 heavy (non-hydrogen) atoms. The van der Waals surface area contributed by atoms with Crippen molar-refractivity contribution in [3.63, 3.8) is 0 Å². The van der Waals surface area contributed by atoms with Gasteiger partial charge in [0.25, 0.3) is 5.91 Å². The monoisotopic (exact) mass is 322 g/mol. The molecule has 0 bridgehead atoms. The van der Waals surface area contributed by atoms with Crippen LogP contribution in [0, 0.1) is 6.92 Å². The summed E-state index contributed by atoms with van der Waals surface area (Å²) in [5, 5.41) is 2.95. The van der Waals surface area contributed by atoms with Crippen molar-refractivity contribution in [1.82, 2.24) is 19.9 Å². The first-order chi connectivity index (χ1) is 11.7. The molecular weight excluding hydrogens is 304 g/mol. The Balaban J connectivity index is 1.59. The summed E-state index contributed by atoms with van der Waals surface area (Å²) in [6.45, 7) is 3.59. The molecule has 1 amide bonds. The second-order valence-corrected chi connectivity index (χ2v) is 5.98. The quantitative estimate of drug-likeness (QED) is 0.803. The van der Waals surface area contributed by atoms with Gasteiger partial charge < -0.3 is 14.6 Å². The van der Waals surface area contributed by atoms with Crippen LogP contribution in [0.3, 0.4) is 0 Å². The van der Waals surface area contributed by atoms with Crippen molar-refractivity contribution in [2.24, 2.45) is 0 Å². The predicted octanol–water partition coefficient (Wildman–Crippen LogP) is 2.24. The summed E-state index contributed by atoms with van der Waals surface area (Å²) in [4.78, 5) is 20.9. The standard InChI is InChI=1S/C18H18N4O2/c1-12-5-6-14-16(8-12)22-13(10-24-11-17(22)21-14)9-20-18(23)15-4-2-3-7-19-15/h2-8,13H,9-11H2,1H3,(H,20,23). The molecule has 0 saturated heterocycles. The lowest BCUT2D eigenvalue weighted by molar-refractivity contribution is 0.0552. The number of aromatic nitrogens is 3. The van der Waals surface area contributed by atoms with Crippen LogP contribution in [0.5, 0.6) is 0 Å². The lowest BCUT2D eigenvalue weighted by Gasteiger charge is -2.26. The van der Waals surface area contributed by atoms with E-state index in [2.05, 4.69) is 38.9 Å². The van der Waals surface area contributed by atoms with Gasteiger partial charge in [0.1, 0.15) is 18.1 Å². The van der Waals surface area contributed by atoms with Gasteiger partial charge in [-0.15, -0.1) is 0 Å². The zero-order valence-electron chi connectivity index (χ0n) is 13.4.